The first-order valence-electron chi connectivity index (χ1n) is 8.21. The average molecular weight is 471 g/mol. The van der Waals surface area contributed by atoms with E-state index < -0.39 is 0 Å². The van der Waals surface area contributed by atoms with Crippen LogP contribution >= 0.6 is 49.9 Å². The molecule has 2 aliphatic rings. The molecule has 0 saturated carbocycles. The molecule has 0 bridgehead atoms. The lowest BCUT2D eigenvalue weighted by atomic mass is 10.3. The minimum Gasteiger partial charge on any atom is -0.485 e. The average Bonchev–Trinajstić information content (AvgIpc) is 3.30. The van der Waals surface area contributed by atoms with Crippen LogP contribution in [0.4, 0.5) is 0 Å². The highest BCUT2D eigenvalue weighted by atomic mass is 79.9. The summed E-state index contributed by atoms with van der Waals surface area (Å²) < 4.78 is 24.5. The second kappa shape index (κ2) is 6.44. The number of fused-ring (bicyclic) bond motifs is 2. The molecule has 0 radical (unpaired) electrons. The summed E-state index contributed by atoms with van der Waals surface area (Å²) >= 11 is 8.92. The van der Waals surface area contributed by atoms with Crippen LogP contribution in [0, 0.1) is 13.8 Å². The molecule has 0 spiro atoms. The van der Waals surface area contributed by atoms with Gasteiger partial charge in [-0.2, -0.15) is 0 Å². The van der Waals surface area contributed by atoms with Crippen molar-refractivity contribution < 1.29 is 18.9 Å². The van der Waals surface area contributed by atoms with Gasteiger partial charge in [-0.3, -0.25) is 0 Å². The minimum absolute atomic E-state index is 0.592. The highest BCUT2D eigenvalue weighted by Gasteiger charge is 2.28. The third kappa shape index (κ3) is 2.58. The van der Waals surface area contributed by atoms with E-state index in [-0.39, 0.29) is 0 Å². The molecule has 0 amide bonds. The number of ether oxygens (including phenoxy) is 4. The van der Waals surface area contributed by atoms with Crippen LogP contribution in [0.5, 0.6) is 23.0 Å². The maximum absolute atomic E-state index is 5.92. The normalized spacial score (nSPS) is 15.3. The van der Waals surface area contributed by atoms with Crippen molar-refractivity contribution in [2.45, 2.75) is 13.8 Å². The van der Waals surface area contributed by atoms with Crippen molar-refractivity contribution in [3.63, 3.8) is 0 Å². The van der Waals surface area contributed by atoms with Gasteiger partial charge in [0.15, 0.2) is 23.0 Å². The number of aryl methyl sites for hydroxylation is 2. The van der Waals surface area contributed by atoms with Gasteiger partial charge in [0.25, 0.3) is 0 Å². The summed E-state index contributed by atoms with van der Waals surface area (Å²) in [6, 6.07) is 2.16. The summed E-state index contributed by atoms with van der Waals surface area (Å²) in [7, 11) is 0. The predicted octanol–water partition coefficient (Wildman–Crippen LogP) is 6.13. The maximum Gasteiger partial charge on any atom is 0.181 e. The Kier molecular flexibility index (Phi) is 4.19. The van der Waals surface area contributed by atoms with Crippen molar-refractivity contribution in [3.05, 3.63) is 20.3 Å². The van der Waals surface area contributed by atoms with Crippen molar-refractivity contribution in [2.75, 3.05) is 26.4 Å². The molecule has 0 atom stereocenters. The Labute approximate surface area is 171 Å². The Balaban J connectivity index is 1.62. The fourth-order valence-corrected chi connectivity index (χ4v) is 7.46. The van der Waals surface area contributed by atoms with Crippen LogP contribution < -0.4 is 18.9 Å². The Morgan fingerprint density at radius 1 is 0.692 bits per heavy atom. The lowest BCUT2D eigenvalue weighted by Crippen LogP contribution is -2.14. The van der Waals surface area contributed by atoms with Crippen LogP contribution in [0.3, 0.4) is 0 Å². The second-order valence-corrected chi connectivity index (χ2v) is 10.3. The van der Waals surface area contributed by atoms with Crippen LogP contribution in [0.15, 0.2) is 10.5 Å². The fourth-order valence-electron chi connectivity index (χ4n) is 3.14. The molecule has 3 aromatic heterocycles. The zero-order valence-corrected chi connectivity index (χ0v) is 18.2. The van der Waals surface area contributed by atoms with Gasteiger partial charge in [0.2, 0.25) is 0 Å². The van der Waals surface area contributed by atoms with E-state index >= 15 is 0 Å². The van der Waals surface area contributed by atoms with E-state index in [1.54, 1.807) is 34.0 Å². The summed E-state index contributed by atoms with van der Waals surface area (Å²) in [5, 5.41) is 0. The molecule has 136 valence electrons. The van der Waals surface area contributed by atoms with Gasteiger partial charge < -0.3 is 18.9 Å². The number of hydrogen-bond donors (Lipinski definition) is 0. The van der Waals surface area contributed by atoms with Crippen molar-refractivity contribution in [1.82, 2.24) is 0 Å². The van der Waals surface area contributed by atoms with E-state index in [0.29, 0.717) is 26.4 Å². The molecular formula is C18H15BrO4S3. The minimum atomic E-state index is 0.592. The smallest absolute Gasteiger partial charge is 0.181 e. The molecule has 5 heterocycles. The van der Waals surface area contributed by atoms with Crippen molar-refractivity contribution >= 4 is 49.9 Å². The number of rotatable bonds is 2. The van der Waals surface area contributed by atoms with Gasteiger partial charge in [-0.15, -0.1) is 34.0 Å². The quantitative estimate of drug-likeness (QED) is 0.451. The lowest BCUT2D eigenvalue weighted by molar-refractivity contribution is 0.173. The van der Waals surface area contributed by atoms with Crippen molar-refractivity contribution in [2.24, 2.45) is 0 Å². The molecule has 0 unspecified atom stereocenters. The highest BCUT2D eigenvalue weighted by molar-refractivity contribution is 9.10. The van der Waals surface area contributed by atoms with Crippen molar-refractivity contribution in [1.29, 1.82) is 0 Å². The third-order valence-electron chi connectivity index (χ3n) is 4.24. The Bertz CT molecular complexity index is 1000. The Morgan fingerprint density at radius 3 is 1.81 bits per heavy atom. The first-order valence-corrected chi connectivity index (χ1v) is 11.5. The number of thiophene rings is 3. The summed E-state index contributed by atoms with van der Waals surface area (Å²) in [5.74, 6) is 3.53. The second-order valence-electron chi connectivity index (χ2n) is 5.97. The van der Waals surface area contributed by atoms with Crippen LogP contribution in [-0.4, -0.2) is 26.4 Å². The molecule has 0 saturated heterocycles. The number of hydrogen-bond acceptors (Lipinski definition) is 7. The van der Waals surface area contributed by atoms with Gasteiger partial charge in [-0.1, -0.05) is 0 Å². The maximum atomic E-state index is 5.92. The molecule has 0 fully saturated rings. The molecule has 2 aliphatic heterocycles. The monoisotopic (exact) mass is 470 g/mol. The zero-order valence-electron chi connectivity index (χ0n) is 14.1. The topological polar surface area (TPSA) is 36.9 Å². The molecule has 4 nitrogen and oxygen atoms in total. The van der Waals surface area contributed by atoms with Gasteiger partial charge in [0.1, 0.15) is 26.4 Å². The molecule has 8 heteroatoms. The van der Waals surface area contributed by atoms with Crippen LogP contribution in [0.2, 0.25) is 0 Å². The van der Waals surface area contributed by atoms with Gasteiger partial charge >= 0.3 is 0 Å². The summed E-state index contributed by atoms with van der Waals surface area (Å²) in [6.45, 7) is 6.57. The van der Waals surface area contributed by atoms with E-state index in [1.165, 1.54) is 4.88 Å². The molecule has 0 N–H and O–H groups in total. The van der Waals surface area contributed by atoms with Gasteiger partial charge in [-0.25, -0.2) is 0 Å². The Morgan fingerprint density at radius 2 is 1.19 bits per heavy atom. The van der Waals surface area contributed by atoms with Crippen LogP contribution in [0.25, 0.3) is 19.5 Å². The van der Waals surface area contributed by atoms with Gasteiger partial charge in [0.05, 0.1) is 19.5 Å². The van der Waals surface area contributed by atoms with E-state index in [1.807, 2.05) is 0 Å². The summed E-state index contributed by atoms with van der Waals surface area (Å²) in [4.78, 5) is 6.90. The SMILES string of the molecule is Cc1sc(-c2cc(Br)c(-c3sc(C)c4c3OCCO4)s2)c2c1OCCO2. The van der Waals surface area contributed by atoms with Crippen LogP contribution in [-0.2, 0) is 0 Å². The van der Waals surface area contributed by atoms with Gasteiger partial charge in [0, 0.05) is 14.2 Å². The molecule has 26 heavy (non-hydrogen) atoms. The molecule has 0 aliphatic carbocycles. The largest absolute Gasteiger partial charge is 0.485 e. The lowest BCUT2D eigenvalue weighted by Gasteiger charge is -2.16. The van der Waals surface area contributed by atoms with E-state index in [9.17, 15) is 0 Å². The standard InChI is InChI=1S/C18H15BrO4S3/c1-8-12-14(22-5-3-20-12)17(24-8)11-7-10(19)16(26-11)18-15-13(9(2)25-18)21-4-6-23-15/h7H,3-6H2,1-2H3. The molecule has 0 aromatic carbocycles. The Hall–Kier alpha value is -1.22. The van der Waals surface area contributed by atoms with Crippen LogP contribution in [0.1, 0.15) is 9.75 Å². The first-order chi connectivity index (χ1) is 12.6. The summed E-state index contributed by atoms with van der Waals surface area (Å²) in [6.07, 6.45) is 0. The van der Waals surface area contributed by atoms with E-state index in [2.05, 4.69) is 35.8 Å². The van der Waals surface area contributed by atoms with Gasteiger partial charge in [-0.05, 0) is 35.8 Å². The fraction of sp³-hybridized carbons (Fsp3) is 0.333. The number of halogens is 1. The predicted molar refractivity (Wildman–Crippen MR) is 110 cm³/mol. The molecule has 5 rings (SSSR count). The highest BCUT2D eigenvalue weighted by Crippen LogP contribution is 2.56. The molecular weight excluding hydrogens is 456 g/mol. The third-order valence-corrected chi connectivity index (χ3v) is 8.75. The van der Waals surface area contributed by atoms with Crippen molar-refractivity contribution in [3.8, 4) is 42.5 Å². The molecule has 3 aromatic rings. The van der Waals surface area contributed by atoms with E-state index in [4.69, 9.17) is 18.9 Å². The first kappa shape index (κ1) is 16.9. The van der Waals surface area contributed by atoms with E-state index in [0.717, 1.165) is 51.9 Å². The summed E-state index contributed by atoms with van der Waals surface area (Å²) in [5.41, 5.74) is 0. The zero-order chi connectivity index (χ0) is 17.8.